The van der Waals surface area contributed by atoms with Crippen molar-refractivity contribution in [3.05, 3.63) is 47.9 Å². The number of thiazole rings is 1. The highest BCUT2D eigenvalue weighted by Crippen LogP contribution is 2.34. The molecule has 0 unspecified atom stereocenters. The molecule has 0 radical (unpaired) electrons. The molecule has 0 spiro atoms. The van der Waals surface area contributed by atoms with Crippen molar-refractivity contribution in [2.75, 3.05) is 12.8 Å². The lowest BCUT2D eigenvalue weighted by molar-refractivity contribution is -0.118. The van der Waals surface area contributed by atoms with E-state index in [-0.39, 0.29) is 11.7 Å². The van der Waals surface area contributed by atoms with E-state index in [1.807, 2.05) is 19.1 Å². The zero-order chi connectivity index (χ0) is 17.8. The van der Waals surface area contributed by atoms with Gasteiger partial charge in [-0.25, -0.2) is 9.37 Å². The Morgan fingerprint density at radius 2 is 1.96 bits per heavy atom. The number of hydrogen-bond acceptors (Lipinski definition) is 6. The summed E-state index contributed by atoms with van der Waals surface area (Å²) >= 11 is 2.82. The largest absolute Gasteiger partial charge is 0.358 e. The minimum Gasteiger partial charge on any atom is -0.358 e. The molecule has 0 aliphatic heterocycles. The molecule has 2 heterocycles. The molecule has 0 saturated heterocycles. The maximum atomic E-state index is 13.1. The quantitative estimate of drug-likeness (QED) is 0.692. The van der Waals surface area contributed by atoms with E-state index in [0.29, 0.717) is 10.8 Å². The average Bonchev–Trinajstić information content (AvgIpc) is 3.02. The lowest BCUT2D eigenvalue weighted by atomic mass is 10.2. The Labute approximate surface area is 152 Å². The summed E-state index contributed by atoms with van der Waals surface area (Å²) in [5.74, 6) is -0.0233. The van der Waals surface area contributed by atoms with E-state index >= 15 is 0 Å². The van der Waals surface area contributed by atoms with Crippen molar-refractivity contribution in [2.45, 2.75) is 11.9 Å². The second-order valence-electron chi connectivity index (χ2n) is 5.16. The second-order valence-corrected chi connectivity index (χ2v) is 7.15. The van der Waals surface area contributed by atoms with Crippen LogP contribution in [0, 0.1) is 12.7 Å². The van der Waals surface area contributed by atoms with E-state index < -0.39 is 0 Å². The van der Waals surface area contributed by atoms with Crippen LogP contribution in [0.4, 0.5) is 4.39 Å². The maximum Gasteiger partial charge on any atom is 0.230 e. The van der Waals surface area contributed by atoms with E-state index in [0.717, 1.165) is 26.8 Å². The lowest BCUT2D eigenvalue weighted by Gasteiger charge is -2.01. The van der Waals surface area contributed by atoms with E-state index in [9.17, 15) is 9.18 Å². The molecule has 1 amide bonds. The second kappa shape index (κ2) is 7.71. The van der Waals surface area contributed by atoms with Crippen LogP contribution in [0.5, 0.6) is 0 Å². The van der Waals surface area contributed by atoms with Gasteiger partial charge in [0, 0.05) is 12.6 Å². The van der Waals surface area contributed by atoms with Gasteiger partial charge in [0.2, 0.25) is 5.91 Å². The predicted octanol–water partition coefficient (Wildman–Crippen LogP) is 3.55. The molecule has 25 heavy (non-hydrogen) atoms. The molecule has 0 saturated carbocycles. The van der Waals surface area contributed by atoms with Crippen LogP contribution in [0.2, 0.25) is 0 Å². The summed E-state index contributed by atoms with van der Waals surface area (Å²) in [5, 5.41) is 12.5. The molecule has 0 aliphatic rings. The minimum absolute atomic E-state index is 0.0573. The number of nitrogens with zero attached hydrogens (tertiary/aromatic N) is 3. The van der Waals surface area contributed by atoms with Crippen LogP contribution in [0.15, 0.2) is 41.4 Å². The Hall–Kier alpha value is -2.32. The van der Waals surface area contributed by atoms with E-state index in [2.05, 4.69) is 20.5 Å². The maximum absolute atomic E-state index is 13.1. The minimum atomic E-state index is -0.270. The highest BCUT2D eigenvalue weighted by molar-refractivity contribution is 7.99. The van der Waals surface area contributed by atoms with Crippen molar-refractivity contribution >= 4 is 29.0 Å². The average molecular weight is 374 g/mol. The summed E-state index contributed by atoms with van der Waals surface area (Å²) < 4.78 is 13.1. The monoisotopic (exact) mass is 374 g/mol. The number of nitrogens with one attached hydrogen (secondary N) is 1. The van der Waals surface area contributed by atoms with Gasteiger partial charge in [-0.3, -0.25) is 4.79 Å². The summed E-state index contributed by atoms with van der Waals surface area (Å²) in [5.41, 5.74) is 2.45. The topological polar surface area (TPSA) is 67.8 Å². The van der Waals surface area contributed by atoms with Crippen molar-refractivity contribution in [3.8, 4) is 21.1 Å². The first-order chi connectivity index (χ1) is 12.1. The Morgan fingerprint density at radius 1 is 1.20 bits per heavy atom. The predicted molar refractivity (Wildman–Crippen MR) is 98.1 cm³/mol. The molecule has 2 aromatic heterocycles. The number of aryl methyl sites for hydroxylation is 1. The number of rotatable bonds is 5. The van der Waals surface area contributed by atoms with Crippen molar-refractivity contribution in [1.82, 2.24) is 20.5 Å². The Kier molecular flexibility index (Phi) is 5.40. The fourth-order valence-corrected chi connectivity index (χ4v) is 3.80. The first-order valence-electron chi connectivity index (χ1n) is 7.47. The fraction of sp³-hybridized carbons (Fsp3) is 0.176. The standard InChI is InChI=1S/C17H15FN4OS2/c1-10-16(25-17(20-10)11-3-5-12(18)6-4-11)13-7-8-15(22-21-13)24-9-14(23)19-2/h3-8H,9H2,1-2H3,(H,19,23). The summed E-state index contributed by atoms with van der Waals surface area (Å²) in [6.07, 6.45) is 0. The van der Waals surface area contributed by atoms with Crippen LogP contribution in [-0.4, -0.2) is 33.9 Å². The molecule has 3 aromatic rings. The number of benzene rings is 1. The van der Waals surface area contributed by atoms with E-state index in [4.69, 9.17) is 0 Å². The van der Waals surface area contributed by atoms with E-state index in [1.54, 1.807) is 19.2 Å². The molecule has 0 fully saturated rings. The van der Waals surface area contributed by atoms with Gasteiger partial charge in [0.15, 0.2) is 0 Å². The number of carbonyl (C=O) groups is 1. The summed E-state index contributed by atoms with van der Waals surface area (Å²) in [4.78, 5) is 16.7. The number of aromatic nitrogens is 3. The van der Waals surface area contributed by atoms with Crippen molar-refractivity contribution in [1.29, 1.82) is 0 Å². The zero-order valence-corrected chi connectivity index (χ0v) is 15.2. The Morgan fingerprint density at radius 3 is 2.60 bits per heavy atom. The SMILES string of the molecule is CNC(=O)CSc1ccc(-c2sc(-c3ccc(F)cc3)nc2C)nn1. The van der Waals surface area contributed by atoms with E-state index in [1.165, 1.54) is 35.2 Å². The molecule has 0 aliphatic carbocycles. The van der Waals surface area contributed by atoms with Crippen LogP contribution >= 0.6 is 23.1 Å². The van der Waals surface area contributed by atoms with Crippen molar-refractivity contribution in [3.63, 3.8) is 0 Å². The summed E-state index contributed by atoms with van der Waals surface area (Å²) in [6.45, 7) is 1.91. The molecule has 0 atom stereocenters. The first-order valence-corrected chi connectivity index (χ1v) is 9.28. The van der Waals surface area contributed by atoms with Crippen LogP contribution < -0.4 is 5.32 Å². The molecule has 3 rings (SSSR count). The summed E-state index contributed by atoms with van der Waals surface area (Å²) in [7, 11) is 1.60. The van der Waals surface area contributed by atoms with Crippen LogP contribution in [0.3, 0.4) is 0 Å². The number of hydrogen-bond donors (Lipinski definition) is 1. The molecule has 1 aromatic carbocycles. The third-order valence-electron chi connectivity index (χ3n) is 3.39. The molecule has 8 heteroatoms. The normalized spacial score (nSPS) is 10.7. The van der Waals surface area contributed by atoms with Gasteiger partial charge in [-0.2, -0.15) is 0 Å². The van der Waals surface area contributed by atoms with Gasteiger partial charge in [0.25, 0.3) is 0 Å². The van der Waals surface area contributed by atoms with Gasteiger partial charge in [-0.05, 0) is 43.3 Å². The number of thioether (sulfide) groups is 1. The zero-order valence-electron chi connectivity index (χ0n) is 13.6. The third kappa shape index (κ3) is 4.21. The van der Waals surface area contributed by atoms with Gasteiger partial charge in [0.1, 0.15) is 21.5 Å². The lowest BCUT2D eigenvalue weighted by Crippen LogP contribution is -2.19. The summed E-state index contributed by atoms with van der Waals surface area (Å²) in [6, 6.07) is 9.97. The highest BCUT2D eigenvalue weighted by Gasteiger charge is 2.13. The van der Waals surface area contributed by atoms with Crippen LogP contribution in [0.1, 0.15) is 5.69 Å². The molecular weight excluding hydrogens is 359 g/mol. The van der Waals surface area contributed by atoms with Crippen molar-refractivity contribution in [2.24, 2.45) is 0 Å². The highest BCUT2D eigenvalue weighted by atomic mass is 32.2. The first kappa shape index (κ1) is 17.5. The van der Waals surface area contributed by atoms with Crippen molar-refractivity contribution < 1.29 is 9.18 Å². The van der Waals surface area contributed by atoms with Gasteiger partial charge in [-0.1, -0.05) is 11.8 Å². The van der Waals surface area contributed by atoms with Crippen LogP contribution in [-0.2, 0) is 4.79 Å². The van der Waals surface area contributed by atoms with Gasteiger partial charge >= 0.3 is 0 Å². The van der Waals surface area contributed by atoms with Gasteiger partial charge in [-0.15, -0.1) is 21.5 Å². The van der Waals surface area contributed by atoms with Crippen LogP contribution in [0.25, 0.3) is 21.1 Å². The molecule has 5 nitrogen and oxygen atoms in total. The fourth-order valence-electron chi connectivity index (χ4n) is 2.08. The molecule has 1 N–H and O–H groups in total. The molecule has 0 bridgehead atoms. The number of halogens is 1. The van der Waals surface area contributed by atoms with Gasteiger partial charge < -0.3 is 5.32 Å². The van der Waals surface area contributed by atoms with Gasteiger partial charge in [0.05, 0.1) is 16.3 Å². The Bertz CT molecular complexity index is 879. The number of amides is 1. The smallest absolute Gasteiger partial charge is 0.230 e. The third-order valence-corrected chi connectivity index (χ3v) is 5.54. The molecule has 128 valence electrons. The Balaban J connectivity index is 1.80. The number of carbonyl (C=O) groups excluding carboxylic acids is 1. The molecular formula is C17H15FN4OS2.